The summed E-state index contributed by atoms with van der Waals surface area (Å²) >= 11 is 0. The third-order valence-electron chi connectivity index (χ3n) is 7.74. The molecule has 0 unspecified atom stereocenters. The number of rotatable bonds is 23. The van der Waals surface area contributed by atoms with Gasteiger partial charge in [0, 0.05) is 63.6 Å². The van der Waals surface area contributed by atoms with Gasteiger partial charge in [0.15, 0.2) is 6.29 Å². The molecule has 3 amide bonds. The van der Waals surface area contributed by atoms with Crippen LogP contribution in [0.25, 0.3) is 0 Å². The molecule has 1 fully saturated rings. The predicted octanol–water partition coefficient (Wildman–Crippen LogP) is -3.65. The number of nitrogens with one attached hydrogen (secondary N) is 3. The fourth-order valence-electron chi connectivity index (χ4n) is 5.21. The van der Waals surface area contributed by atoms with Gasteiger partial charge in [-0.2, -0.15) is 0 Å². The first-order valence-electron chi connectivity index (χ1n) is 15.8. The second-order valence-corrected chi connectivity index (χ2v) is 11.4. The molecule has 0 spiro atoms. The van der Waals surface area contributed by atoms with Crippen LogP contribution in [-0.2, 0) is 19.2 Å². The van der Waals surface area contributed by atoms with Crippen molar-refractivity contribution < 1.29 is 54.4 Å². The molecule has 0 radical (unpaired) electrons. The number of nitrogens with zero attached hydrogens (tertiary/aromatic N) is 4. The molecule has 0 bridgehead atoms. The Kier molecular flexibility index (Phi) is 18.0. The summed E-state index contributed by atoms with van der Waals surface area (Å²) in [4.78, 5) is 66.3. The predicted molar refractivity (Wildman–Crippen MR) is 174 cm³/mol. The van der Waals surface area contributed by atoms with Crippen molar-refractivity contribution in [1.82, 2.24) is 30.2 Å². The van der Waals surface area contributed by atoms with Gasteiger partial charge in [0.25, 0.3) is 5.91 Å². The molecule has 19 heteroatoms. The number of hydrogen-bond acceptors (Lipinski definition) is 13. The molecule has 0 aromatic heterocycles. The lowest BCUT2D eigenvalue weighted by atomic mass is 9.78. The number of carbonyl (C=O) groups excluding carboxylic acids is 3. The summed E-state index contributed by atoms with van der Waals surface area (Å²) in [5.74, 6) is -4.01. The zero-order valence-corrected chi connectivity index (χ0v) is 27.2. The van der Waals surface area contributed by atoms with E-state index in [0.29, 0.717) is 51.3 Å². The highest BCUT2D eigenvalue weighted by molar-refractivity contribution is 6.43. The maximum atomic E-state index is 12.8. The number of aliphatic hydroxyl groups is 2. The van der Waals surface area contributed by atoms with Crippen molar-refractivity contribution in [3.8, 4) is 0 Å². The van der Waals surface area contributed by atoms with Gasteiger partial charge in [0.2, 0.25) is 11.8 Å². The van der Waals surface area contributed by atoms with Crippen molar-refractivity contribution >= 4 is 42.5 Å². The molecule has 1 aromatic carbocycles. The van der Waals surface area contributed by atoms with Crippen molar-refractivity contribution in [3.05, 3.63) is 29.8 Å². The minimum Gasteiger partial charge on any atom is -0.480 e. The lowest BCUT2D eigenvalue weighted by Crippen LogP contribution is -2.48. The summed E-state index contributed by atoms with van der Waals surface area (Å²) in [6.07, 6.45) is -0.512. The molecule has 1 saturated heterocycles. The largest absolute Gasteiger partial charge is 0.480 e. The normalized spacial score (nSPS) is 14.6. The second kappa shape index (κ2) is 21.3. The van der Waals surface area contributed by atoms with Crippen molar-refractivity contribution in [2.24, 2.45) is 0 Å². The van der Waals surface area contributed by atoms with Crippen LogP contribution in [0.4, 0.5) is 5.69 Å². The molecule has 268 valence electrons. The number of hydrogen-bond donors (Lipinski definition) is 9. The molecule has 1 atom stereocenters. The van der Waals surface area contributed by atoms with Crippen LogP contribution in [0.15, 0.2) is 24.3 Å². The molecule has 9 N–H and O–H groups in total. The Bertz CT molecular complexity index is 1190. The minimum atomic E-state index is -1.64. The van der Waals surface area contributed by atoms with Crippen molar-refractivity contribution in [1.29, 1.82) is 0 Å². The third kappa shape index (κ3) is 15.5. The van der Waals surface area contributed by atoms with Crippen LogP contribution in [0.1, 0.15) is 30.1 Å². The van der Waals surface area contributed by atoms with E-state index in [4.69, 9.17) is 5.11 Å². The summed E-state index contributed by atoms with van der Waals surface area (Å²) in [7, 11) is -1.64. The Morgan fingerprint density at radius 2 is 1.54 bits per heavy atom. The van der Waals surface area contributed by atoms with Crippen LogP contribution in [0.3, 0.4) is 0 Å². The molecule has 1 aliphatic heterocycles. The molecule has 18 nitrogen and oxygen atoms in total. The number of anilines is 1. The first-order chi connectivity index (χ1) is 22.8. The van der Waals surface area contributed by atoms with E-state index in [1.54, 1.807) is 21.9 Å². The van der Waals surface area contributed by atoms with Crippen LogP contribution in [-0.4, -0.2) is 184 Å². The average molecular weight is 682 g/mol. The molecule has 0 aliphatic carbocycles. The average Bonchev–Trinajstić information content (AvgIpc) is 3.52. The Morgan fingerprint density at radius 1 is 0.896 bits per heavy atom. The number of likely N-dealkylation sites (N-methyl/N-ethyl adjacent to an activating group) is 1. The number of benzene rings is 1. The standard InChI is InChI=1S/C29H48BN7O11/c1-2-34(12-13-36(20-28(44)45)15-14-35(19-27(42)43)11-9-31-17-26(40)41)18-24(38)33-22-7-5-21(6-8-22)29(46)32-16-25(39)37-10-3-4-23(37)30(47)48/h5-8,23,28,31,44-45,47-48H,2-4,9-20H2,1H3,(H,32,46)(H,33,38)(H,40,41)(H,42,43)/t23-/m0/s1. The van der Waals surface area contributed by atoms with Crippen molar-refractivity contribution in [2.45, 2.75) is 32.0 Å². The first kappa shape index (κ1) is 40.5. The molecule has 0 saturated carbocycles. The van der Waals surface area contributed by atoms with Gasteiger partial charge in [-0.15, -0.1) is 0 Å². The van der Waals surface area contributed by atoms with E-state index in [1.165, 1.54) is 17.0 Å². The van der Waals surface area contributed by atoms with Gasteiger partial charge in [0.1, 0.15) is 0 Å². The first-order valence-corrected chi connectivity index (χ1v) is 15.8. The summed E-state index contributed by atoms with van der Waals surface area (Å²) in [6, 6.07) is 6.09. The van der Waals surface area contributed by atoms with E-state index in [0.717, 1.165) is 0 Å². The fourth-order valence-corrected chi connectivity index (χ4v) is 5.21. The zero-order chi connectivity index (χ0) is 35.6. The summed E-state index contributed by atoms with van der Waals surface area (Å²) in [6.45, 7) is 3.72. The summed E-state index contributed by atoms with van der Waals surface area (Å²) in [5, 5.41) is 64.0. The lowest BCUT2D eigenvalue weighted by molar-refractivity contribution is -0.139. The molecule has 48 heavy (non-hydrogen) atoms. The monoisotopic (exact) mass is 681 g/mol. The summed E-state index contributed by atoms with van der Waals surface area (Å²) in [5.41, 5.74) is 0.711. The van der Waals surface area contributed by atoms with E-state index in [-0.39, 0.29) is 63.8 Å². The van der Waals surface area contributed by atoms with E-state index in [1.807, 2.05) is 11.8 Å². The summed E-state index contributed by atoms with van der Waals surface area (Å²) < 4.78 is 0. The van der Waals surface area contributed by atoms with Gasteiger partial charge >= 0.3 is 19.1 Å². The van der Waals surface area contributed by atoms with Crippen LogP contribution < -0.4 is 16.0 Å². The maximum absolute atomic E-state index is 12.8. The topological polar surface area (TPSA) is 256 Å². The van der Waals surface area contributed by atoms with E-state index in [2.05, 4.69) is 16.0 Å². The highest BCUT2D eigenvalue weighted by atomic mass is 16.5. The number of carbonyl (C=O) groups is 5. The molecular weight excluding hydrogens is 633 g/mol. The fraction of sp³-hybridized carbons (Fsp3) is 0.621. The smallest absolute Gasteiger partial charge is 0.475 e. The van der Waals surface area contributed by atoms with E-state index in [9.17, 15) is 49.3 Å². The maximum Gasteiger partial charge on any atom is 0.475 e. The SMILES string of the molecule is CCN(CCN(CCN(CCNCC(=O)O)CC(=O)O)CC(O)O)CC(=O)Nc1ccc(C(=O)NCC(=O)N2CCC[C@H]2B(O)O)cc1. The second-order valence-electron chi connectivity index (χ2n) is 11.4. The number of likely N-dealkylation sites (tertiary alicyclic amines) is 1. The number of aliphatic hydroxyl groups excluding tert-OH is 1. The number of amides is 3. The van der Waals surface area contributed by atoms with Crippen LogP contribution in [0, 0.1) is 0 Å². The van der Waals surface area contributed by atoms with Gasteiger partial charge in [-0.1, -0.05) is 6.92 Å². The van der Waals surface area contributed by atoms with Gasteiger partial charge in [-0.05, 0) is 43.7 Å². The molecular formula is C29H48BN7O11. The zero-order valence-electron chi connectivity index (χ0n) is 27.2. The van der Waals surface area contributed by atoms with E-state index >= 15 is 0 Å². The Balaban J connectivity index is 1.83. The van der Waals surface area contributed by atoms with Crippen LogP contribution >= 0.6 is 0 Å². The highest BCUT2D eigenvalue weighted by Gasteiger charge is 2.36. The molecule has 1 aliphatic rings. The Labute approximate surface area is 279 Å². The molecule has 2 rings (SSSR count). The minimum absolute atomic E-state index is 0.0246. The van der Waals surface area contributed by atoms with Gasteiger partial charge < -0.3 is 51.3 Å². The van der Waals surface area contributed by atoms with Gasteiger partial charge in [-0.3, -0.25) is 38.7 Å². The van der Waals surface area contributed by atoms with Gasteiger partial charge in [0.05, 0.1) is 32.1 Å². The molecule has 1 aromatic rings. The van der Waals surface area contributed by atoms with Crippen molar-refractivity contribution in [3.63, 3.8) is 0 Å². The number of carboxylic acid groups (broad SMARTS) is 2. The number of aliphatic carboxylic acids is 2. The van der Waals surface area contributed by atoms with Crippen molar-refractivity contribution in [2.75, 3.05) is 90.4 Å². The lowest BCUT2D eigenvalue weighted by Gasteiger charge is -2.29. The number of carboxylic acids is 2. The van der Waals surface area contributed by atoms with E-state index < -0.39 is 43.1 Å². The Hall–Kier alpha value is -3.69. The highest BCUT2D eigenvalue weighted by Crippen LogP contribution is 2.18. The van der Waals surface area contributed by atoms with Crippen LogP contribution in [0.5, 0.6) is 0 Å². The third-order valence-corrected chi connectivity index (χ3v) is 7.74. The van der Waals surface area contributed by atoms with Crippen LogP contribution in [0.2, 0.25) is 0 Å². The molecule has 1 heterocycles. The quantitative estimate of drug-likeness (QED) is 0.0307. The Morgan fingerprint density at radius 3 is 2.12 bits per heavy atom. The van der Waals surface area contributed by atoms with Gasteiger partial charge in [-0.25, -0.2) is 0 Å².